The van der Waals surface area contributed by atoms with Gasteiger partial charge >= 0.3 is 12.7 Å². The SMILES string of the molecule is CC(OC(N)=O)c1oc(-c2ccc(OC(F)F)c(OCC3CC3)c2)nc1CN=[N+]=[N-]. The van der Waals surface area contributed by atoms with E-state index in [4.69, 9.17) is 25.2 Å². The van der Waals surface area contributed by atoms with Gasteiger partial charge < -0.3 is 24.4 Å². The van der Waals surface area contributed by atoms with Gasteiger partial charge in [0.1, 0.15) is 0 Å². The fraction of sp³-hybridized carbons (Fsp3) is 0.444. The Balaban J connectivity index is 1.94. The van der Waals surface area contributed by atoms with Gasteiger partial charge in [-0.15, -0.1) is 0 Å². The average Bonchev–Trinajstić information content (AvgIpc) is 3.41. The van der Waals surface area contributed by atoms with E-state index in [-0.39, 0.29) is 35.4 Å². The fourth-order valence-corrected chi connectivity index (χ4v) is 2.68. The van der Waals surface area contributed by atoms with Crippen LogP contribution in [0.1, 0.15) is 37.3 Å². The summed E-state index contributed by atoms with van der Waals surface area (Å²) in [6, 6.07) is 4.25. The highest BCUT2D eigenvalue weighted by molar-refractivity contribution is 5.65. The lowest BCUT2D eigenvalue weighted by Crippen LogP contribution is -2.16. The minimum absolute atomic E-state index is 0.0907. The van der Waals surface area contributed by atoms with E-state index in [2.05, 4.69) is 19.7 Å². The van der Waals surface area contributed by atoms with Gasteiger partial charge in [-0.3, -0.25) is 0 Å². The van der Waals surface area contributed by atoms with Crippen LogP contribution in [0.4, 0.5) is 13.6 Å². The first-order valence-corrected chi connectivity index (χ1v) is 9.06. The van der Waals surface area contributed by atoms with E-state index in [1.807, 2.05) is 0 Å². The molecule has 12 heteroatoms. The number of primary amides is 1. The number of rotatable bonds is 10. The van der Waals surface area contributed by atoms with Crippen LogP contribution in [-0.4, -0.2) is 24.3 Å². The largest absolute Gasteiger partial charge is 0.489 e. The van der Waals surface area contributed by atoms with Gasteiger partial charge in [0, 0.05) is 10.5 Å². The topological polar surface area (TPSA) is 146 Å². The third kappa shape index (κ3) is 5.51. The molecule has 30 heavy (non-hydrogen) atoms. The summed E-state index contributed by atoms with van der Waals surface area (Å²) in [6.07, 6.45) is 0.141. The molecular formula is C18H19F2N5O5. The number of azide groups is 1. The predicted molar refractivity (Wildman–Crippen MR) is 98.7 cm³/mol. The molecule has 1 atom stereocenters. The van der Waals surface area contributed by atoms with Crippen LogP contribution in [0.2, 0.25) is 0 Å². The second-order valence-electron chi connectivity index (χ2n) is 6.59. The molecule has 1 aromatic heterocycles. The highest BCUT2D eigenvalue weighted by atomic mass is 19.3. The van der Waals surface area contributed by atoms with Gasteiger partial charge in [-0.2, -0.15) is 8.78 Å². The van der Waals surface area contributed by atoms with Crippen LogP contribution in [0.5, 0.6) is 11.5 Å². The molecule has 0 radical (unpaired) electrons. The first-order valence-electron chi connectivity index (χ1n) is 9.06. The summed E-state index contributed by atoms with van der Waals surface area (Å²) in [5.74, 6) is 0.638. The molecule has 1 heterocycles. The van der Waals surface area contributed by atoms with Gasteiger partial charge in [0.25, 0.3) is 0 Å². The summed E-state index contributed by atoms with van der Waals surface area (Å²) in [4.78, 5) is 18.0. The highest BCUT2D eigenvalue weighted by Gasteiger charge is 2.25. The van der Waals surface area contributed by atoms with Crippen molar-refractivity contribution >= 4 is 6.09 Å². The molecule has 1 unspecified atom stereocenters. The predicted octanol–water partition coefficient (Wildman–Crippen LogP) is 4.70. The third-order valence-corrected chi connectivity index (χ3v) is 4.25. The number of aromatic nitrogens is 1. The molecule has 2 N–H and O–H groups in total. The van der Waals surface area contributed by atoms with E-state index < -0.39 is 18.8 Å². The molecule has 1 saturated carbocycles. The van der Waals surface area contributed by atoms with Crippen LogP contribution in [0, 0.1) is 5.92 Å². The number of halogens is 2. The fourth-order valence-electron chi connectivity index (χ4n) is 2.68. The van der Waals surface area contributed by atoms with Crippen molar-refractivity contribution in [1.82, 2.24) is 4.98 Å². The number of amides is 1. The van der Waals surface area contributed by atoms with Crippen molar-refractivity contribution in [2.75, 3.05) is 6.61 Å². The lowest BCUT2D eigenvalue weighted by molar-refractivity contribution is -0.0515. The molecule has 1 aliphatic rings. The van der Waals surface area contributed by atoms with Gasteiger partial charge in [-0.1, -0.05) is 5.11 Å². The van der Waals surface area contributed by atoms with E-state index in [9.17, 15) is 13.6 Å². The van der Waals surface area contributed by atoms with Crippen LogP contribution in [0.15, 0.2) is 27.7 Å². The molecule has 0 saturated heterocycles. The van der Waals surface area contributed by atoms with Crippen molar-refractivity contribution in [2.45, 2.75) is 39.0 Å². The van der Waals surface area contributed by atoms with E-state index >= 15 is 0 Å². The summed E-state index contributed by atoms with van der Waals surface area (Å²) in [6.45, 7) is -1.27. The van der Waals surface area contributed by atoms with Crippen LogP contribution in [-0.2, 0) is 11.3 Å². The van der Waals surface area contributed by atoms with Gasteiger partial charge in [0.15, 0.2) is 23.4 Å². The quantitative estimate of drug-likeness (QED) is 0.333. The molecule has 0 bridgehead atoms. The highest BCUT2D eigenvalue weighted by Crippen LogP contribution is 2.37. The Kier molecular flexibility index (Phi) is 6.58. The van der Waals surface area contributed by atoms with Crippen LogP contribution >= 0.6 is 0 Å². The number of carbonyl (C=O) groups is 1. The Labute approximate surface area is 169 Å². The molecule has 10 nitrogen and oxygen atoms in total. The molecule has 1 aliphatic carbocycles. The number of carbonyl (C=O) groups excluding carboxylic acids is 1. The Morgan fingerprint density at radius 2 is 2.20 bits per heavy atom. The van der Waals surface area contributed by atoms with Gasteiger partial charge in [-0.05, 0) is 49.4 Å². The number of benzene rings is 1. The lowest BCUT2D eigenvalue weighted by atomic mass is 10.2. The van der Waals surface area contributed by atoms with Crippen LogP contribution < -0.4 is 15.2 Å². The standard InChI is InChI=1S/C18H19F2N5O5/c1-9(28-18(21)26)15-12(7-23-25-22)24-16(30-15)11-4-5-13(29-17(19)20)14(6-11)27-8-10-2-3-10/h4-6,9-10,17H,2-3,7-8H2,1H3,(H2,21,26). The summed E-state index contributed by atoms with van der Waals surface area (Å²) in [7, 11) is 0. The van der Waals surface area contributed by atoms with E-state index in [1.54, 1.807) is 0 Å². The van der Waals surface area contributed by atoms with Gasteiger partial charge in [0.05, 0.1) is 18.8 Å². The first kappa shape index (κ1) is 21.2. The summed E-state index contributed by atoms with van der Waals surface area (Å²) < 4.78 is 46.2. The molecule has 0 spiro atoms. The second kappa shape index (κ2) is 9.31. The number of hydrogen-bond donors (Lipinski definition) is 1. The van der Waals surface area contributed by atoms with Crippen LogP contribution in [0.25, 0.3) is 21.9 Å². The van der Waals surface area contributed by atoms with E-state index in [0.29, 0.717) is 18.1 Å². The van der Waals surface area contributed by atoms with Crippen molar-refractivity contribution in [1.29, 1.82) is 0 Å². The van der Waals surface area contributed by atoms with Gasteiger partial charge in [0.2, 0.25) is 5.89 Å². The Morgan fingerprint density at radius 1 is 1.43 bits per heavy atom. The number of oxazole rings is 1. The maximum atomic E-state index is 12.7. The summed E-state index contributed by atoms with van der Waals surface area (Å²) in [5.41, 5.74) is 14.3. The maximum absolute atomic E-state index is 12.7. The normalized spacial score (nSPS) is 14.1. The Bertz CT molecular complexity index is 956. The first-order chi connectivity index (χ1) is 14.4. The number of ether oxygens (including phenoxy) is 3. The van der Waals surface area contributed by atoms with Gasteiger partial charge in [-0.25, -0.2) is 9.78 Å². The Hall–Kier alpha value is -3.53. The molecule has 2 aromatic rings. The van der Waals surface area contributed by atoms with Crippen molar-refractivity contribution in [2.24, 2.45) is 16.8 Å². The van der Waals surface area contributed by atoms with Crippen molar-refractivity contribution in [3.63, 3.8) is 0 Å². The Morgan fingerprint density at radius 3 is 2.83 bits per heavy atom. The smallest absolute Gasteiger partial charge is 0.405 e. The summed E-state index contributed by atoms with van der Waals surface area (Å²) >= 11 is 0. The van der Waals surface area contributed by atoms with Crippen molar-refractivity contribution < 1.29 is 32.2 Å². The summed E-state index contributed by atoms with van der Waals surface area (Å²) in [5, 5.41) is 3.45. The number of hydrogen-bond acceptors (Lipinski definition) is 7. The number of nitrogens with two attached hydrogens (primary N) is 1. The monoisotopic (exact) mass is 423 g/mol. The average molecular weight is 423 g/mol. The van der Waals surface area contributed by atoms with Crippen molar-refractivity contribution in [3.05, 3.63) is 40.1 Å². The minimum Gasteiger partial charge on any atom is -0.489 e. The third-order valence-electron chi connectivity index (χ3n) is 4.25. The molecule has 1 aromatic carbocycles. The number of alkyl halides is 2. The minimum atomic E-state index is -3.00. The van der Waals surface area contributed by atoms with E-state index in [0.717, 1.165) is 12.8 Å². The molecular weight excluding hydrogens is 404 g/mol. The number of nitrogens with zero attached hydrogens (tertiary/aromatic N) is 4. The lowest BCUT2D eigenvalue weighted by Gasteiger charge is -2.13. The molecule has 1 fully saturated rings. The molecule has 1 amide bonds. The zero-order chi connectivity index (χ0) is 21.7. The van der Waals surface area contributed by atoms with E-state index in [1.165, 1.54) is 25.1 Å². The zero-order valence-electron chi connectivity index (χ0n) is 16.0. The molecule has 160 valence electrons. The molecule has 3 rings (SSSR count). The second-order valence-corrected chi connectivity index (χ2v) is 6.59. The maximum Gasteiger partial charge on any atom is 0.405 e. The van der Waals surface area contributed by atoms with Crippen molar-refractivity contribution in [3.8, 4) is 23.0 Å². The van der Waals surface area contributed by atoms with Crippen LogP contribution in [0.3, 0.4) is 0 Å². The zero-order valence-corrected chi connectivity index (χ0v) is 16.0. The molecule has 0 aliphatic heterocycles.